The lowest BCUT2D eigenvalue weighted by Crippen LogP contribution is -2.10. The number of hydrogen-bond donors (Lipinski definition) is 1. The maximum absolute atomic E-state index is 3.50. The first-order valence-electron chi connectivity index (χ1n) is 4.80. The number of halogens is 1. The van der Waals surface area contributed by atoms with Gasteiger partial charge in [0.2, 0.25) is 0 Å². The van der Waals surface area contributed by atoms with Crippen molar-refractivity contribution in [2.45, 2.75) is 12.8 Å². The highest BCUT2D eigenvalue weighted by molar-refractivity contribution is 9.10. The van der Waals surface area contributed by atoms with E-state index in [1.807, 2.05) is 0 Å². The van der Waals surface area contributed by atoms with Crippen LogP contribution in [0.4, 0.5) is 0 Å². The number of nitrogens with one attached hydrogen (secondary N) is 1. The molecule has 0 aliphatic carbocycles. The summed E-state index contributed by atoms with van der Waals surface area (Å²) in [7, 11) is 0. The molecule has 70 valence electrons. The van der Waals surface area contributed by atoms with Gasteiger partial charge in [-0.05, 0) is 49.5 Å². The Morgan fingerprint density at radius 1 is 1.46 bits per heavy atom. The molecule has 0 bridgehead atoms. The van der Waals surface area contributed by atoms with Gasteiger partial charge in [0.15, 0.2) is 0 Å². The Balaban J connectivity index is 2.00. The second-order valence-electron chi connectivity index (χ2n) is 3.69. The van der Waals surface area contributed by atoms with Gasteiger partial charge in [-0.15, -0.1) is 0 Å². The highest BCUT2D eigenvalue weighted by Crippen LogP contribution is 2.18. The van der Waals surface area contributed by atoms with Gasteiger partial charge in [-0.25, -0.2) is 0 Å². The van der Waals surface area contributed by atoms with Crippen molar-refractivity contribution in [3.63, 3.8) is 0 Å². The van der Waals surface area contributed by atoms with Crippen molar-refractivity contribution in [2.24, 2.45) is 5.92 Å². The zero-order chi connectivity index (χ0) is 9.10. The van der Waals surface area contributed by atoms with Crippen molar-refractivity contribution >= 4 is 15.9 Å². The zero-order valence-electron chi connectivity index (χ0n) is 7.59. The van der Waals surface area contributed by atoms with Gasteiger partial charge in [0.25, 0.3) is 0 Å². The summed E-state index contributed by atoms with van der Waals surface area (Å²) < 4.78 is 1.19. The van der Waals surface area contributed by atoms with Crippen LogP contribution < -0.4 is 5.32 Å². The van der Waals surface area contributed by atoms with Crippen LogP contribution in [0, 0.1) is 5.92 Å². The first-order chi connectivity index (χ1) is 6.34. The van der Waals surface area contributed by atoms with Crippen LogP contribution in [0.5, 0.6) is 0 Å². The minimum atomic E-state index is 0.842. The molecular weight excluding hydrogens is 226 g/mol. The largest absolute Gasteiger partial charge is 0.316 e. The van der Waals surface area contributed by atoms with Crippen molar-refractivity contribution < 1.29 is 0 Å². The molecule has 1 N–H and O–H groups in total. The maximum Gasteiger partial charge on any atom is 0.0177 e. The molecule has 1 nitrogen and oxygen atoms in total. The van der Waals surface area contributed by atoms with Crippen molar-refractivity contribution in [3.8, 4) is 0 Å². The molecule has 1 aromatic carbocycles. The third-order valence-corrected chi connectivity index (χ3v) is 3.07. The van der Waals surface area contributed by atoms with Crippen LogP contribution in [0.25, 0.3) is 0 Å². The van der Waals surface area contributed by atoms with E-state index in [1.165, 1.54) is 36.0 Å². The van der Waals surface area contributed by atoms with Gasteiger partial charge >= 0.3 is 0 Å². The molecule has 1 saturated heterocycles. The van der Waals surface area contributed by atoms with E-state index in [9.17, 15) is 0 Å². The van der Waals surface area contributed by atoms with Crippen molar-refractivity contribution in [1.29, 1.82) is 0 Å². The molecule has 0 saturated carbocycles. The fourth-order valence-electron chi connectivity index (χ4n) is 1.89. The minimum absolute atomic E-state index is 0.842. The van der Waals surface area contributed by atoms with Gasteiger partial charge in [-0.3, -0.25) is 0 Å². The lowest BCUT2D eigenvalue weighted by molar-refractivity contribution is 0.580. The van der Waals surface area contributed by atoms with E-state index in [1.54, 1.807) is 0 Å². The predicted octanol–water partition coefficient (Wildman–Crippen LogP) is 2.60. The highest BCUT2D eigenvalue weighted by atomic mass is 79.9. The van der Waals surface area contributed by atoms with Gasteiger partial charge in [-0.2, -0.15) is 0 Å². The average molecular weight is 240 g/mol. The third kappa shape index (κ3) is 2.55. The summed E-state index contributed by atoms with van der Waals surface area (Å²) in [6.07, 6.45) is 2.54. The monoisotopic (exact) mass is 239 g/mol. The van der Waals surface area contributed by atoms with E-state index in [-0.39, 0.29) is 0 Å². The second-order valence-corrected chi connectivity index (χ2v) is 4.61. The first kappa shape index (κ1) is 9.22. The average Bonchev–Trinajstić information content (AvgIpc) is 2.57. The van der Waals surface area contributed by atoms with E-state index in [0.717, 1.165) is 5.92 Å². The van der Waals surface area contributed by atoms with Crippen LogP contribution in [0.1, 0.15) is 12.0 Å². The van der Waals surface area contributed by atoms with Gasteiger partial charge in [0.05, 0.1) is 0 Å². The van der Waals surface area contributed by atoms with Crippen molar-refractivity contribution in [3.05, 3.63) is 34.3 Å². The molecule has 2 heteroatoms. The summed E-state index contributed by atoms with van der Waals surface area (Å²) in [4.78, 5) is 0. The molecule has 13 heavy (non-hydrogen) atoms. The summed E-state index contributed by atoms with van der Waals surface area (Å²) in [5.74, 6) is 0.842. The Bertz CT molecular complexity index is 279. The van der Waals surface area contributed by atoms with E-state index in [0.29, 0.717) is 0 Å². The molecule has 0 amide bonds. The van der Waals surface area contributed by atoms with Gasteiger partial charge in [0, 0.05) is 4.47 Å². The smallest absolute Gasteiger partial charge is 0.0177 e. The predicted molar refractivity (Wildman–Crippen MR) is 58.8 cm³/mol. The molecule has 1 aromatic rings. The lowest BCUT2D eigenvalue weighted by Gasteiger charge is -2.07. The molecule has 0 aromatic heterocycles. The molecule has 1 unspecified atom stereocenters. The number of rotatable bonds is 2. The minimum Gasteiger partial charge on any atom is -0.316 e. The summed E-state index contributed by atoms with van der Waals surface area (Å²) in [5.41, 5.74) is 1.45. The Kier molecular flexibility index (Phi) is 3.01. The Labute approximate surface area is 87.7 Å². The van der Waals surface area contributed by atoms with Crippen LogP contribution in [-0.4, -0.2) is 13.1 Å². The second kappa shape index (κ2) is 4.25. The normalized spacial score (nSPS) is 22.1. The Hall–Kier alpha value is -0.340. The SMILES string of the molecule is Brc1cccc(CC2CCNC2)c1. The zero-order valence-corrected chi connectivity index (χ0v) is 9.18. The fraction of sp³-hybridized carbons (Fsp3) is 0.455. The highest BCUT2D eigenvalue weighted by Gasteiger charge is 2.14. The van der Waals surface area contributed by atoms with Crippen LogP contribution in [0.2, 0.25) is 0 Å². The number of hydrogen-bond acceptors (Lipinski definition) is 1. The molecule has 2 rings (SSSR count). The molecule has 1 aliphatic heterocycles. The van der Waals surface area contributed by atoms with E-state index < -0.39 is 0 Å². The topological polar surface area (TPSA) is 12.0 Å². The standard InChI is InChI=1S/C11H14BrN/c12-11-3-1-2-9(7-11)6-10-4-5-13-8-10/h1-3,7,10,13H,4-6,8H2. The van der Waals surface area contributed by atoms with Gasteiger partial charge < -0.3 is 5.32 Å². The van der Waals surface area contributed by atoms with Gasteiger partial charge in [0.1, 0.15) is 0 Å². The van der Waals surface area contributed by atoms with Crippen LogP contribution in [-0.2, 0) is 6.42 Å². The van der Waals surface area contributed by atoms with E-state index in [2.05, 4.69) is 45.5 Å². The van der Waals surface area contributed by atoms with Crippen molar-refractivity contribution in [2.75, 3.05) is 13.1 Å². The molecular formula is C11H14BrN. The Morgan fingerprint density at radius 2 is 2.38 bits per heavy atom. The summed E-state index contributed by atoms with van der Waals surface area (Å²) in [5, 5.41) is 3.40. The first-order valence-corrected chi connectivity index (χ1v) is 5.59. The summed E-state index contributed by atoms with van der Waals surface area (Å²) >= 11 is 3.50. The molecule has 1 aliphatic rings. The van der Waals surface area contributed by atoms with E-state index in [4.69, 9.17) is 0 Å². The van der Waals surface area contributed by atoms with Crippen LogP contribution >= 0.6 is 15.9 Å². The lowest BCUT2D eigenvalue weighted by atomic mass is 9.99. The van der Waals surface area contributed by atoms with Gasteiger partial charge in [-0.1, -0.05) is 28.1 Å². The van der Waals surface area contributed by atoms with Crippen LogP contribution in [0.3, 0.4) is 0 Å². The quantitative estimate of drug-likeness (QED) is 0.837. The third-order valence-electron chi connectivity index (χ3n) is 2.58. The maximum atomic E-state index is 3.50. The molecule has 0 spiro atoms. The molecule has 1 fully saturated rings. The molecule has 0 radical (unpaired) electrons. The van der Waals surface area contributed by atoms with Crippen molar-refractivity contribution in [1.82, 2.24) is 5.32 Å². The molecule has 1 atom stereocenters. The number of benzene rings is 1. The molecule has 1 heterocycles. The Morgan fingerprint density at radius 3 is 3.08 bits per heavy atom. The fourth-order valence-corrected chi connectivity index (χ4v) is 2.33. The van der Waals surface area contributed by atoms with E-state index >= 15 is 0 Å². The summed E-state index contributed by atoms with van der Waals surface area (Å²) in [6.45, 7) is 2.38. The van der Waals surface area contributed by atoms with Crippen LogP contribution in [0.15, 0.2) is 28.7 Å². The summed E-state index contributed by atoms with van der Waals surface area (Å²) in [6, 6.07) is 8.62.